The number of halogens is 1. The Bertz CT molecular complexity index is 517. The average Bonchev–Trinajstić information content (AvgIpc) is 3.18. The number of aromatic nitrogens is 1. The fourth-order valence-corrected chi connectivity index (χ4v) is 3.32. The number of hydrogen-bond donors (Lipinski definition) is 0. The Hall–Kier alpha value is -1.53. The van der Waals surface area contributed by atoms with Crippen molar-refractivity contribution in [2.75, 3.05) is 26.7 Å². The second kappa shape index (κ2) is 6.71. The van der Waals surface area contributed by atoms with Gasteiger partial charge in [-0.15, -0.1) is 0 Å². The van der Waals surface area contributed by atoms with Crippen LogP contribution in [0.4, 0.5) is 4.39 Å². The van der Waals surface area contributed by atoms with E-state index in [0.29, 0.717) is 19.5 Å². The van der Waals surface area contributed by atoms with Gasteiger partial charge in [0.25, 0.3) is 0 Å². The number of nitrogens with zero attached hydrogens (tertiary/aromatic N) is 3. The van der Waals surface area contributed by atoms with Crippen LogP contribution in [0.25, 0.3) is 0 Å². The Kier molecular flexibility index (Phi) is 4.69. The van der Waals surface area contributed by atoms with Crippen molar-refractivity contribution in [3.8, 4) is 0 Å². The Morgan fingerprint density at radius 3 is 2.82 bits per heavy atom. The topological polar surface area (TPSA) is 45.7 Å². The van der Waals surface area contributed by atoms with E-state index >= 15 is 0 Å². The number of hydrogen-bond acceptors (Lipinski definition) is 4. The third kappa shape index (κ3) is 3.28. The molecule has 2 saturated heterocycles. The van der Waals surface area contributed by atoms with Crippen LogP contribution in [-0.4, -0.2) is 59.6 Å². The number of methoxy groups -OCH3 is 1. The number of ether oxygens (including phenoxy) is 1. The molecule has 0 aromatic carbocycles. The lowest BCUT2D eigenvalue weighted by Gasteiger charge is -2.27. The summed E-state index contributed by atoms with van der Waals surface area (Å²) in [6, 6.07) is 2.92. The van der Waals surface area contributed by atoms with Crippen molar-refractivity contribution in [3.05, 3.63) is 29.8 Å². The van der Waals surface area contributed by atoms with E-state index in [9.17, 15) is 9.18 Å². The highest BCUT2D eigenvalue weighted by atomic mass is 19.1. The van der Waals surface area contributed by atoms with Crippen molar-refractivity contribution < 1.29 is 13.9 Å². The Labute approximate surface area is 130 Å². The molecule has 2 aliphatic heterocycles. The van der Waals surface area contributed by atoms with Crippen LogP contribution in [0.15, 0.2) is 18.3 Å². The van der Waals surface area contributed by atoms with Gasteiger partial charge in [-0.2, -0.15) is 0 Å². The molecule has 3 rings (SSSR count). The number of amides is 1. The molecular weight excluding hydrogens is 285 g/mol. The van der Waals surface area contributed by atoms with Crippen molar-refractivity contribution in [2.24, 2.45) is 0 Å². The number of likely N-dealkylation sites (tertiary alicyclic amines) is 2. The van der Waals surface area contributed by atoms with Gasteiger partial charge in [-0.05, 0) is 31.4 Å². The van der Waals surface area contributed by atoms with Gasteiger partial charge in [0.05, 0.1) is 24.0 Å². The lowest BCUT2D eigenvalue weighted by molar-refractivity contribution is -0.135. The van der Waals surface area contributed by atoms with E-state index in [-0.39, 0.29) is 23.9 Å². The first-order valence-corrected chi connectivity index (χ1v) is 7.83. The molecule has 2 atom stereocenters. The maximum Gasteiger partial charge on any atom is 0.240 e. The van der Waals surface area contributed by atoms with E-state index < -0.39 is 0 Å². The predicted molar refractivity (Wildman–Crippen MR) is 79.6 cm³/mol. The minimum absolute atomic E-state index is 0.0667. The molecule has 5 nitrogen and oxygen atoms in total. The number of rotatable bonds is 4. The molecule has 0 spiro atoms. The monoisotopic (exact) mass is 307 g/mol. The fraction of sp³-hybridized carbons (Fsp3) is 0.625. The summed E-state index contributed by atoms with van der Waals surface area (Å²) in [5.74, 6) is -0.149. The van der Waals surface area contributed by atoms with E-state index in [2.05, 4.69) is 9.88 Å². The van der Waals surface area contributed by atoms with E-state index in [1.54, 1.807) is 13.2 Å². The molecule has 1 aromatic heterocycles. The molecule has 0 unspecified atom stereocenters. The maximum atomic E-state index is 13.0. The van der Waals surface area contributed by atoms with Gasteiger partial charge in [-0.25, -0.2) is 4.39 Å². The smallest absolute Gasteiger partial charge is 0.240 e. The summed E-state index contributed by atoms with van der Waals surface area (Å²) in [4.78, 5) is 20.9. The zero-order valence-corrected chi connectivity index (χ0v) is 12.9. The van der Waals surface area contributed by atoms with Crippen LogP contribution < -0.4 is 0 Å². The zero-order chi connectivity index (χ0) is 15.5. The van der Waals surface area contributed by atoms with E-state index in [1.165, 1.54) is 12.3 Å². The van der Waals surface area contributed by atoms with Gasteiger partial charge in [-0.3, -0.25) is 14.7 Å². The van der Waals surface area contributed by atoms with Crippen molar-refractivity contribution in [2.45, 2.75) is 38.0 Å². The molecule has 6 heteroatoms. The van der Waals surface area contributed by atoms with Gasteiger partial charge in [0.1, 0.15) is 5.82 Å². The Morgan fingerprint density at radius 1 is 1.41 bits per heavy atom. The van der Waals surface area contributed by atoms with Crippen LogP contribution in [0.2, 0.25) is 0 Å². The summed E-state index contributed by atoms with van der Waals surface area (Å²) in [7, 11) is 1.68. The van der Waals surface area contributed by atoms with Gasteiger partial charge in [0, 0.05) is 33.3 Å². The van der Waals surface area contributed by atoms with Crippen LogP contribution in [-0.2, 0) is 16.1 Å². The Balaban J connectivity index is 1.71. The predicted octanol–water partition coefficient (Wildman–Crippen LogP) is 1.43. The molecule has 120 valence electrons. The van der Waals surface area contributed by atoms with Gasteiger partial charge in [0.15, 0.2) is 0 Å². The van der Waals surface area contributed by atoms with Crippen molar-refractivity contribution >= 4 is 5.91 Å². The second-order valence-corrected chi connectivity index (χ2v) is 6.04. The minimum Gasteiger partial charge on any atom is -0.380 e. The van der Waals surface area contributed by atoms with E-state index in [1.807, 2.05) is 4.90 Å². The third-order valence-corrected chi connectivity index (χ3v) is 4.55. The molecule has 0 radical (unpaired) electrons. The van der Waals surface area contributed by atoms with Gasteiger partial charge < -0.3 is 9.64 Å². The minimum atomic E-state index is -0.343. The molecule has 1 amide bonds. The summed E-state index contributed by atoms with van der Waals surface area (Å²) < 4.78 is 18.4. The molecule has 1 aromatic rings. The second-order valence-electron chi connectivity index (χ2n) is 6.04. The lowest BCUT2D eigenvalue weighted by atomic mass is 10.1. The van der Waals surface area contributed by atoms with Crippen LogP contribution in [0.1, 0.15) is 25.0 Å². The largest absolute Gasteiger partial charge is 0.380 e. The SMILES string of the molecule is CO[C@H]1C[C@@H](C(=O)N2CCCC2)N(Cc2ccc(F)cn2)C1. The Morgan fingerprint density at radius 2 is 2.18 bits per heavy atom. The highest BCUT2D eigenvalue weighted by Gasteiger charge is 2.39. The van der Waals surface area contributed by atoms with Crippen LogP contribution in [0, 0.1) is 5.82 Å². The first-order valence-electron chi connectivity index (χ1n) is 7.83. The summed E-state index contributed by atoms with van der Waals surface area (Å²) in [5, 5.41) is 0. The average molecular weight is 307 g/mol. The van der Waals surface area contributed by atoms with Crippen molar-refractivity contribution in [3.63, 3.8) is 0 Å². The number of pyridine rings is 1. The van der Waals surface area contributed by atoms with E-state index in [4.69, 9.17) is 4.74 Å². The lowest BCUT2D eigenvalue weighted by Crippen LogP contribution is -2.44. The molecule has 2 aliphatic rings. The highest BCUT2D eigenvalue weighted by Crippen LogP contribution is 2.25. The van der Waals surface area contributed by atoms with Crippen LogP contribution in [0.3, 0.4) is 0 Å². The molecule has 0 aliphatic carbocycles. The number of carbonyl (C=O) groups excluding carboxylic acids is 1. The maximum absolute atomic E-state index is 13.0. The quantitative estimate of drug-likeness (QED) is 0.844. The van der Waals surface area contributed by atoms with Crippen LogP contribution >= 0.6 is 0 Å². The van der Waals surface area contributed by atoms with E-state index in [0.717, 1.165) is 31.6 Å². The summed E-state index contributed by atoms with van der Waals surface area (Å²) in [6.45, 7) is 2.97. The van der Waals surface area contributed by atoms with Gasteiger partial charge >= 0.3 is 0 Å². The fourth-order valence-electron chi connectivity index (χ4n) is 3.32. The van der Waals surface area contributed by atoms with Crippen molar-refractivity contribution in [1.29, 1.82) is 0 Å². The molecule has 22 heavy (non-hydrogen) atoms. The molecule has 0 saturated carbocycles. The zero-order valence-electron chi connectivity index (χ0n) is 12.9. The highest BCUT2D eigenvalue weighted by molar-refractivity contribution is 5.82. The first-order chi connectivity index (χ1) is 10.7. The van der Waals surface area contributed by atoms with Gasteiger partial charge in [0.2, 0.25) is 5.91 Å². The normalized spacial score (nSPS) is 25.8. The number of carbonyl (C=O) groups is 1. The van der Waals surface area contributed by atoms with Gasteiger partial charge in [-0.1, -0.05) is 0 Å². The summed E-state index contributed by atoms with van der Waals surface area (Å²) in [5.41, 5.74) is 0.775. The first kappa shape index (κ1) is 15.4. The molecule has 0 N–H and O–H groups in total. The summed E-state index contributed by atoms with van der Waals surface area (Å²) >= 11 is 0. The summed E-state index contributed by atoms with van der Waals surface area (Å²) in [6.07, 6.45) is 4.18. The van der Waals surface area contributed by atoms with Crippen LogP contribution in [0.5, 0.6) is 0 Å². The standard InChI is InChI=1S/C16H22FN3O2/c1-22-14-8-15(16(21)19-6-2-3-7-19)20(11-14)10-13-5-4-12(17)9-18-13/h4-5,9,14-15H,2-3,6-8,10-11H2,1H3/t14-,15-/m0/s1. The van der Waals surface area contributed by atoms with Crippen molar-refractivity contribution in [1.82, 2.24) is 14.8 Å². The third-order valence-electron chi connectivity index (χ3n) is 4.55. The molecule has 3 heterocycles. The molecular formula is C16H22FN3O2. The molecule has 0 bridgehead atoms. The molecule has 2 fully saturated rings.